The Labute approximate surface area is 94.4 Å². The lowest BCUT2D eigenvalue weighted by molar-refractivity contribution is 0.276. The molecular formula is C12H15N3O. The quantitative estimate of drug-likeness (QED) is 0.810. The molecule has 0 aliphatic heterocycles. The van der Waals surface area contributed by atoms with Crippen molar-refractivity contribution in [1.29, 1.82) is 0 Å². The van der Waals surface area contributed by atoms with Gasteiger partial charge >= 0.3 is 0 Å². The van der Waals surface area contributed by atoms with E-state index >= 15 is 0 Å². The van der Waals surface area contributed by atoms with E-state index < -0.39 is 0 Å². The van der Waals surface area contributed by atoms with Gasteiger partial charge in [-0.1, -0.05) is 12.1 Å². The molecule has 3 N–H and O–H groups in total. The van der Waals surface area contributed by atoms with Gasteiger partial charge in [-0.25, -0.2) is 4.98 Å². The molecule has 0 aliphatic rings. The highest BCUT2D eigenvalue weighted by Gasteiger charge is 2.04. The van der Waals surface area contributed by atoms with E-state index in [-0.39, 0.29) is 12.6 Å². The molecule has 1 aromatic heterocycles. The number of imidazole rings is 1. The topological polar surface area (TPSA) is 64.1 Å². The fraction of sp³-hybridized carbons (Fsp3) is 0.250. The van der Waals surface area contributed by atoms with Gasteiger partial charge in [0.2, 0.25) is 0 Å². The van der Waals surface area contributed by atoms with Gasteiger partial charge in [0.25, 0.3) is 0 Å². The minimum absolute atomic E-state index is 0.0955. The lowest BCUT2D eigenvalue weighted by Crippen LogP contribution is -2.11. The van der Waals surface area contributed by atoms with Crippen LogP contribution in [0.5, 0.6) is 0 Å². The number of nitrogens with two attached hydrogens (primary N) is 1. The molecule has 0 bridgehead atoms. The molecule has 2 rings (SSSR count). The van der Waals surface area contributed by atoms with Crippen LogP contribution in [-0.4, -0.2) is 21.3 Å². The summed E-state index contributed by atoms with van der Waals surface area (Å²) in [6, 6.07) is 7.86. The molecule has 1 aromatic carbocycles. The van der Waals surface area contributed by atoms with Crippen molar-refractivity contribution in [1.82, 2.24) is 9.55 Å². The van der Waals surface area contributed by atoms with E-state index in [0.29, 0.717) is 6.42 Å². The summed E-state index contributed by atoms with van der Waals surface area (Å²) in [5.41, 5.74) is 7.99. The zero-order chi connectivity index (χ0) is 11.4. The lowest BCUT2D eigenvalue weighted by Gasteiger charge is -2.11. The summed E-state index contributed by atoms with van der Waals surface area (Å²) < 4.78 is 1.93. The van der Waals surface area contributed by atoms with Crippen LogP contribution in [0.25, 0.3) is 5.69 Å². The van der Waals surface area contributed by atoms with Gasteiger partial charge in [0.15, 0.2) is 0 Å². The summed E-state index contributed by atoms with van der Waals surface area (Å²) in [6.45, 7) is 0.116. The normalized spacial score (nSPS) is 12.6. The van der Waals surface area contributed by atoms with E-state index in [1.807, 2.05) is 35.0 Å². The minimum atomic E-state index is -0.0955. The molecule has 0 amide bonds. The third-order valence-corrected chi connectivity index (χ3v) is 2.56. The van der Waals surface area contributed by atoms with Gasteiger partial charge in [-0.15, -0.1) is 0 Å². The first kappa shape index (κ1) is 10.9. The largest absolute Gasteiger partial charge is 0.396 e. The average Bonchev–Trinajstić information content (AvgIpc) is 2.83. The molecule has 1 heterocycles. The zero-order valence-electron chi connectivity index (χ0n) is 8.95. The van der Waals surface area contributed by atoms with Crippen LogP contribution in [0.2, 0.25) is 0 Å². The molecule has 2 aromatic rings. The van der Waals surface area contributed by atoms with Crippen LogP contribution >= 0.6 is 0 Å². The number of aliphatic hydroxyl groups excluding tert-OH is 1. The van der Waals surface area contributed by atoms with Gasteiger partial charge in [0.05, 0.1) is 6.33 Å². The van der Waals surface area contributed by atoms with Gasteiger partial charge in [0.1, 0.15) is 0 Å². The Morgan fingerprint density at radius 3 is 2.62 bits per heavy atom. The molecule has 1 atom stereocenters. The Balaban J connectivity index is 2.16. The highest BCUT2D eigenvalue weighted by atomic mass is 16.3. The van der Waals surface area contributed by atoms with Gasteiger partial charge < -0.3 is 15.4 Å². The van der Waals surface area contributed by atoms with Crippen LogP contribution in [0.4, 0.5) is 0 Å². The van der Waals surface area contributed by atoms with Crippen molar-refractivity contribution in [2.24, 2.45) is 5.73 Å². The minimum Gasteiger partial charge on any atom is -0.396 e. The number of nitrogens with zero attached hydrogens (tertiary/aromatic N) is 2. The van der Waals surface area contributed by atoms with Crippen LogP contribution in [0.3, 0.4) is 0 Å². The van der Waals surface area contributed by atoms with E-state index in [1.54, 1.807) is 12.5 Å². The molecule has 84 valence electrons. The van der Waals surface area contributed by atoms with E-state index in [0.717, 1.165) is 11.3 Å². The second kappa shape index (κ2) is 4.92. The first-order valence-corrected chi connectivity index (χ1v) is 5.26. The van der Waals surface area contributed by atoms with Crippen molar-refractivity contribution in [2.45, 2.75) is 12.5 Å². The maximum absolute atomic E-state index is 8.81. The smallest absolute Gasteiger partial charge is 0.0991 e. The highest BCUT2D eigenvalue weighted by molar-refractivity contribution is 5.35. The van der Waals surface area contributed by atoms with E-state index in [1.165, 1.54) is 0 Å². The number of rotatable bonds is 4. The van der Waals surface area contributed by atoms with Crippen molar-refractivity contribution in [3.05, 3.63) is 48.5 Å². The van der Waals surface area contributed by atoms with Gasteiger partial charge in [-0.2, -0.15) is 0 Å². The Morgan fingerprint density at radius 2 is 2.06 bits per heavy atom. The third kappa shape index (κ3) is 2.29. The maximum Gasteiger partial charge on any atom is 0.0991 e. The Morgan fingerprint density at radius 1 is 1.31 bits per heavy atom. The summed E-state index contributed by atoms with van der Waals surface area (Å²) in [7, 11) is 0. The maximum atomic E-state index is 8.81. The Bertz CT molecular complexity index is 422. The molecule has 1 unspecified atom stereocenters. The predicted molar refractivity (Wildman–Crippen MR) is 62.2 cm³/mol. The monoisotopic (exact) mass is 217 g/mol. The standard InChI is InChI=1S/C12H15N3O/c13-12(5-8-16)10-1-3-11(4-2-10)15-7-6-14-9-15/h1-4,6-7,9,12,16H,5,8,13H2. The van der Waals surface area contributed by atoms with E-state index in [4.69, 9.17) is 10.8 Å². The number of aliphatic hydroxyl groups is 1. The molecule has 0 radical (unpaired) electrons. The van der Waals surface area contributed by atoms with E-state index in [2.05, 4.69) is 4.98 Å². The Hall–Kier alpha value is -1.65. The molecule has 16 heavy (non-hydrogen) atoms. The van der Waals surface area contributed by atoms with Gasteiger partial charge in [0, 0.05) is 30.7 Å². The van der Waals surface area contributed by atoms with Crippen molar-refractivity contribution >= 4 is 0 Å². The SMILES string of the molecule is NC(CCO)c1ccc(-n2ccnc2)cc1. The van der Waals surface area contributed by atoms with Crippen LogP contribution in [0.1, 0.15) is 18.0 Å². The molecule has 0 aliphatic carbocycles. The summed E-state index contributed by atoms with van der Waals surface area (Å²) in [5.74, 6) is 0. The van der Waals surface area contributed by atoms with Crippen molar-refractivity contribution < 1.29 is 5.11 Å². The van der Waals surface area contributed by atoms with Crippen molar-refractivity contribution in [2.75, 3.05) is 6.61 Å². The van der Waals surface area contributed by atoms with Crippen LogP contribution < -0.4 is 5.73 Å². The fourth-order valence-electron chi connectivity index (χ4n) is 1.61. The van der Waals surface area contributed by atoms with Crippen molar-refractivity contribution in [3.63, 3.8) is 0 Å². The second-order valence-corrected chi connectivity index (χ2v) is 3.68. The van der Waals surface area contributed by atoms with Gasteiger partial charge in [-0.3, -0.25) is 0 Å². The third-order valence-electron chi connectivity index (χ3n) is 2.56. The summed E-state index contributed by atoms with van der Waals surface area (Å²) in [5, 5.41) is 8.81. The zero-order valence-corrected chi connectivity index (χ0v) is 8.95. The van der Waals surface area contributed by atoms with Crippen molar-refractivity contribution in [3.8, 4) is 5.69 Å². The number of benzene rings is 1. The lowest BCUT2D eigenvalue weighted by atomic mass is 10.0. The molecule has 0 saturated carbocycles. The van der Waals surface area contributed by atoms with Crippen LogP contribution in [0.15, 0.2) is 43.0 Å². The molecular weight excluding hydrogens is 202 g/mol. The number of aromatic nitrogens is 2. The second-order valence-electron chi connectivity index (χ2n) is 3.68. The van der Waals surface area contributed by atoms with E-state index in [9.17, 15) is 0 Å². The molecule has 0 fully saturated rings. The predicted octanol–water partition coefficient (Wildman–Crippen LogP) is 1.25. The number of hydrogen-bond donors (Lipinski definition) is 2. The summed E-state index contributed by atoms with van der Waals surface area (Å²) in [6.07, 6.45) is 5.97. The molecule has 0 saturated heterocycles. The van der Waals surface area contributed by atoms with Crippen LogP contribution in [-0.2, 0) is 0 Å². The van der Waals surface area contributed by atoms with Crippen LogP contribution in [0, 0.1) is 0 Å². The Kier molecular flexibility index (Phi) is 3.34. The number of hydrogen-bond acceptors (Lipinski definition) is 3. The summed E-state index contributed by atoms with van der Waals surface area (Å²) >= 11 is 0. The van der Waals surface area contributed by atoms with Gasteiger partial charge in [-0.05, 0) is 24.1 Å². The molecule has 4 nitrogen and oxygen atoms in total. The molecule has 0 spiro atoms. The first-order valence-electron chi connectivity index (χ1n) is 5.26. The molecule has 4 heteroatoms. The highest BCUT2D eigenvalue weighted by Crippen LogP contribution is 2.16. The summed E-state index contributed by atoms with van der Waals surface area (Å²) in [4.78, 5) is 3.99. The fourth-order valence-corrected chi connectivity index (χ4v) is 1.61. The average molecular weight is 217 g/mol. The first-order chi connectivity index (χ1) is 7.81.